The van der Waals surface area contributed by atoms with Gasteiger partial charge < -0.3 is 4.70 Å². The molecular formula is C2H3FNNa. The largest absolute Gasteiger partial charge is 1.00 e. The summed E-state index contributed by atoms with van der Waals surface area (Å²) in [5.41, 5.74) is 0. The fourth-order valence-electron chi connectivity index (χ4n) is 0. The molecule has 0 saturated carbocycles. The van der Waals surface area contributed by atoms with Gasteiger partial charge in [-0.2, -0.15) is 5.26 Å². The van der Waals surface area contributed by atoms with Crippen LogP contribution in [0.3, 0.4) is 0 Å². The second-order valence-electron chi connectivity index (χ2n) is 0.224. The zero-order chi connectivity index (χ0) is 2.71. The van der Waals surface area contributed by atoms with Gasteiger partial charge in [-0.25, -0.2) is 0 Å². The molecule has 24 valence electrons. The van der Waals surface area contributed by atoms with E-state index in [1.54, 1.807) is 6.07 Å². The van der Waals surface area contributed by atoms with E-state index >= 15 is 0 Å². The van der Waals surface area contributed by atoms with Gasteiger partial charge in [-0.3, -0.25) is 0 Å². The Balaban J connectivity index is -0.0000000200. The monoisotopic (exact) mass is 83.0 g/mol. The van der Waals surface area contributed by atoms with Crippen LogP contribution in [0.4, 0.5) is 0 Å². The van der Waals surface area contributed by atoms with Gasteiger partial charge in [-0.1, -0.05) is 0 Å². The molecule has 0 aromatic carbocycles. The van der Waals surface area contributed by atoms with Crippen LogP contribution in [0.2, 0.25) is 0 Å². The van der Waals surface area contributed by atoms with Crippen LogP contribution in [0.15, 0.2) is 0 Å². The van der Waals surface area contributed by atoms with E-state index in [1.807, 2.05) is 0 Å². The molecule has 0 spiro atoms. The fraction of sp³-hybridized carbons (Fsp3) is 0.500. The number of nitriles is 1. The number of nitrogens with zero attached hydrogens (tertiary/aromatic N) is 1. The van der Waals surface area contributed by atoms with Crippen LogP contribution in [0.1, 0.15) is 6.92 Å². The van der Waals surface area contributed by atoms with Gasteiger partial charge >= 0.3 is 29.6 Å². The van der Waals surface area contributed by atoms with E-state index in [2.05, 4.69) is 0 Å². The van der Waals surface area contributed by atoms with Crippen LogP contribution in [0, 0.1) is 11.3 Å². The third kappa shape index (κ3) is 147. The maximum absolute atomic E-state index is 7.32. The first-order valence-corrected chi connectivity index (χ1v) is 0.724. The summed E-state index contributed by atoms with van der Waals surface area (Å²) in [6, 6.07) is 1.75. The molecule has 0 aromatic heterocycles. The van der Waals surface area contributed by atoms with Gasteiger partial charge in [-0.15, -0.1) is 0 Å². The van der Waals surface area contributed by atoms with Crippen molar-refractivity contribution in [3.8, 4) is 6.07 Å². The van der Waals surface area contributed by atoms with E-state index in [0.717, 1.165) is 0 Å². The van der Waals surface area contributed by atoms with Crippen molar-refractivity contribution in [3.63, 3.8) is 0 Å². The average molecular weight is 83.0 g/mol. The summed E-state index contributed by atoms with van der Waals surface area (Å²) in [7, 11) is 0. The summed E-state index contributed by atoms with van der Waals surface area (Å²) in [6.07, 6.45) is 0. The molecule has 0 N–H and O–H groups in total. The third-order valence-corrected chi connectivity index (χ3v) is 0. The Hall–Kier alpha value is 0.420. The number of rotatable bonds is 0. The number of hydrogen-bond donors (Lipinski definition) is 0. The predicted molar refractivity (Wildman–Crippen MR) is 11.3 cm³/mol. The molecule has 0 saturated heterocycles. The summed E-state index contributed by atoms with van der Waals surface area (Å²) >= 11 is 0. The molecule has 0 rings (SSSR count). The van der Waals surface area contributed by atoms with Crippen molar-refractivity contribution in [2.24, 2.45) is 0 Å². The molecule has 1 nitrogen and oxygen atoms in total. The predicted octanol–water partition coefficient (Wildman–Crippen LogP) is -5.46. The van der Waals surface area contributed by atoms with E-state index in [-0.39, 0.29) is 34.3 Å². The van der Waals surface area contributed by atoms with Crippen molar-refractivity contribution in [1.29, 1.82) is 5.26 Å². The van der Waals surface area contributed by atoms with Crippen molar-refractivity contribution >= 4 is 0 Å². The Kier molecular flexibility index (Phi) is 92.7. The quantitative estimate of drug-likeness (QED) is 0.268. The minimum absolute atomic E-state index is 0. The van der Waals surface area contributed by atoms with Crippen molar-refractivity contribution < 1.29 is 34.3 Å². The standard InChI is InChI=1S/C2H3N.FH.Na/c1-2-3;;/h1H3;1H;/q;;+1/p-1. The molecule has 0 aliphatic rings. The second-order valence-corrected chi connectivity index (χ2v) is 0.224. The van der Waals surface area contributed by atoms with E-state index in [9.17, 15) is 0 Å². The van der Waals surface area contributed by atoms with Crippen LogP contribution in [0.5, 0.6) is 0 Å². The maximum Gasteiger partial charge on any atom is 1.00 e. The maximum atomic E-state index is 7.32. The third-order valence-electron chi connectivity index (χ3n) is 0. The van der Waals surface area contributed by atoms with Gasteiger partial charge in [0.25, 0.3) is 0 Å². The van der Waals surface area contributed by atoms with Crippen LogP contribution >= 0.6 is 0 Å². The first-order chi connectivity index (χ1) is 1.41. The van der Waals surface area contributed by atoms with Crippen LogP contribution in [-0.2, 0) is 0 Å². The molecule has 0 fully saturated rings. The molecule has 0 amide bonds. The summed E-state index contributed by atoms with van der Waals surface area (Å²) < 4.78 is 0. The molecule has 0 heterocycles. The summed E-state index contributed by atoms with van der Waals surface area (Å²) in [4.78, 5) is 0. The molecule has 0 atom stereocenters. The van der Waals surface area contributed by atoms with E-state index < -0.39 is 0 Å². The summed E-state index contributed by atoms with van der Waals surface area (Å²) in [5.74, 6) is 0. The minimum atomic E-state index is 0. The Morgan fingerprint density at radius 1 is 1.60 bits per heavy atom. The van der Waals surface area contributed by atoms with Crippen LogP contribution < -0.4 is 34.3 Å². The molecule has 0 bridgehead atoms. The summed E-state index contributed by atoms with van der Waals surface area (Å²) in [5, 5.41) is 7.32. The van der Waals surface area contributed by atoms with E-state index in [0.29, 0.717) is 0 Å². The minimum Gasteiger partial charge on any atom is -1.00 e. The molecule has 0 aliphatic heterocycles. The smallest absolute Gasteiger partial charge is 1.00 e. The van der Waals surface area contributed by atoms with Gasteiger partial charge in [-0.05, 0) is 0 Å². The molecule has 0 radical (unpaired) electrons. The molecular weight excluding hydrogens is 80.0 g/mol. The van der Waals surface area contributed by atoms with Gasteiger partial charge in [0.15, 0.2) is 0 Å². The Labute approximate surface area is 52.6 Å². The first kappa shape index (κ1) is 18.1. The number of hydrogen-bond acceptors (Lipinski definition) is 1. The van der Waals surface area contributed by atoms with Gasteiger partial charge in [0.2, 0.25) is 0 Å². The topological polar surface area (TPSA) is 23.8 Å². The average Bonchev–Trinajstić information content (AvgIpc) is 0.918. The van der Waals surface area contributed by atoms with Crippen molar-refractivity contribution in [1.82, 2.24) is 0 Å². The SMILES string of the molecule is CC#N.[F-].[Na+]. The first-order valence-electron chi connectivity index (χ1n) is 0.724. The van der Waals surface area contributed by atoms with Crippen LogP contribution in [-0.4, -0.2) is 0 Å². The van der Waals surface area contributed by atoms with E-state index in [1.165, 1.54) is 6.92 Å². The van der Waals surface area contributed by atoms with Crippen LogP contribution in [0.25, 0.3) is 0 Å². The Morgan fingerprint density at radius 3 is 1.60 bits per heavy atom. The van der Waals surface area contributed by atoms with Gasteiger partial charge in [0.1, 0.15) is 0 Å². The van der Waals surface area contributed by atoms with E-state index in [4.69, 9.17) is 5.26 Å². The molecule has 0 aromatic rings. The van der Waals surface area contributed by atoms with Gasteiger partial charge in [0.05, 0.1) is 6.07 Å². The Morgan fingerprint density at radius 2 is 1.60 bits per heavy atom. The van der Waals surface area contributed by atoms with Gasteiger partial charge in [0, 0.05) is 6.92 Å². The zero-order valence-electron chi connectivity index (χ0n) is 3.33. The molecule has 0 unspecified atom stereocenters. The molecule has 5 heavy (non-hydrogen) atoms. The Bertz CT molecular complexity index is 31.1. The second kappa shape index (κ2) is 25.6. The fourth-order valence-corrected chi connectivity index (χ4v) is 0. The normalized spacial score (nSPS) is 1.60. The molecule has 0 aliphatic carbocycles. The molecule has 3 heteroatoms. The zero-order valence-corrected chi connectivity index (χ0v) is 5.33. The van der Waals surface area contributed by atoms with Crippen molar-refractivity contribution in [3.05, 3.63) is 0 Å². The van der Waals surface area contributed by atoms with Crippen molar-refractivity contribution in [2.75, 3.05) is 0 Å². The number of halogens is 1. The van der Waals surface area contributed by atoms with Crippen molar-refractivity contribution in [2.45, 2.75) is 6.92 Å². The summed E-state index contributed by atoms with van der Waals surface area (Å²) in [6.45, 7) is 1.43.